The van der Waals surface area contributed by atoms with Crippen molar-refractivity contribution in [1.82, 2.24) is 9.55 Å². The number of hydrogen-bond acceptors (Lipinski definition) is 2. The van der Waals surface area contributed by atoms with Crippen molar-refractivity contribution in [3.8, 4) is 0 Å². The Hall–Kier alpha value is -1.84. The van der Waals surface area contributed by atoms with Crippen LogP contribution in [-0.2, 0) is 0 Å². The van der Waals surface area contributed by atoms with E-state index in [4.69, 9.17) is 5.11 Å². The van der Waals surface area contributed by atoms with Crippen LogP contribution < -0.4 is 0 Å². The monoisotopic (exact) mass is 286 g/mol. The number of carboxylic acids is 1. The van der Waals surface area contributed by atoms with Gasteiger partial charge in [0.1, 0.15) is 5.82 Å². The van der Waals surface area contributed by atoms with Crippen molar-refractivity contribution in [3.05, 3.63) is 29.6 Å². The number of carboxylic acid groups (broad SMARTS) is 1. The molecule has 21 heavy (non-hydrogen) atoms. The van der Waals surface area contributed by atoms with Gasteiger partial charge in [-0.05, 0) is 43.9 Å². The maximum absolute atomic E-state index is 11.1. The Morgan fingerprint density at radius 1 is 1.38 bits per heavy atom. The molecule has 1 heterocycles. The van der Waals surface area contributed by atoms with Crippen LogP contribution in [0.25, 0.3) is 11.0 Å². The lowest BCUT2D eigenvalue weighted by atomic mass is 9.82. The van der Waals surface area contributed by atoms with Gasteiger partial charge in [0.15, 0.2) is 0 Å². The van der Waals surface area contributed by atoms with Crippen LogP contribution in [-0.4, -0.2) is 20.6 Å². The molecule has 1 aromatic carbocycles. The van der Waals surface area contributed by atoms with Gasteiger partial charge in [-0.1, -0.05) is 26.2 Å². The predicted molar refractivity (Wildman–Crippen MR) is 82.7 cm³/mol. The molecule has 4 heteroatoms. The molecule has 2 atom stereocenters. The highest BCUT2D eigenvalue weighted by Gasteiger charge is 2.27. The Bertz CT molecular complexity index is 675. The van der Waals surface area contributed by atoms with E-state index in [9.17, 15) is 4.79 Å². The van der Waals surface area contributed by atoms with Crippen LogP contribution in [0.15, 0.2) is 18.2 Å². The van der Waals surface area contributed by atoms with Crippen molar-refractivity contribution in [3.63, 3.8) is 0 Å². The molecule has 1 aromatic heterocycles. The van der Waals surface area contributed by atoms with Crippen LogP contribution in [0.3, 0.4) is 0 Å². The second kappa shape index (κ2) is 5.51. The van der Waals surface area contributed by atoms with Crippen LogP contribution in [0.4, 0.5) is 0 Å². The number of aromatic nitrogens is 2. The van der Waals surface area contributed by atoms with Crippen molar-refractivity contribution in [2.75, 3.05) is 0 Å². The molecular formula is C17H22N2O2. The van der Waals surface area contributed by atoms with Gasteiger partial charge in [-0.15, -0.1) is 0 Å². The summed E-state index contributed by atoms with van der Waals surface area (Å²) in [6.45, 7) is 4.29. The van der Waals surface area contributed by atoms with E-state index in [0.717, 1.165) is 16.9 Å². The number of rotatable bonds is 3. The number of benzene rings is 1. The Morgan fingerprint density at radius 3 is 2.86 bits per heavy atom. The first-order valence-corrected chi connectivity index (χ1v) is 7.83. The number of aromatic carboxylic acids is 1. The molecule has 4 nitrogen and oxygen atoms in total. The minimum absolute atomic E-state index is 0.308. The molecule has 1 fully saturated rings. The van der Waals surface area contributed by atoms with E-state index < -0.39 is 5.97 Å². The number of imidazole rings is 1. The van der Waals surface area contributed by atoms with Crippen molar-refractivity contribution in [2.45, 2.75) is 52.0 Å². The third-order valence-corrected chi connectivity index (χ3v) is 4.84. The SMILES string of the molecule is CCC1CCCCC1n1c(C)nc2cc(C(=O)O)ccc21. The van der Waals surface area contributed by atoms with Gasteiger partial charge >= 0.3 is 5.97 Å². The lowest BCUT2D eigenvalue weighted by Gasteiger charge is -2.33. The Kier molecular flexibility index (Phi) is 3.70. The van der Waals surface area contributed by atoms with Gasteiger partial charge in [-0.25, -0.2) is 9.78 Å². The van der Waals surface area contributed by atoms with E-state index in [2.05, 4.69) is 16.5 Å². The van der Waals surface area contributed by atoms with E-state index in [0.29, 0.717) is 17.5 Å². The Labute approximate surface area is 124 Å². The number of hydrogen-bond donors (Lipinski definition) is 1. The van der Waals surface area contributed by atoms with E-state index in [-0.39, 0.29) is 0 Å². The first-order valence-electron chi connectivity index (χ1n) is 7.83. The number of aryl methyl sites for hydroxylation is 1. The zero-order chi connectivity index (χ0) is 15.0. The van der Waals surface area contributed by atoms with Crippen LogP contribution in [0.5, 0.6) is 0 Å². The quantitative estimate of drug-likeness (QED) is 0.920. The van der Waals surface area contributed by atoms with Gasteiger partial charge < -0.3 is 9.67 Å². The second-order valence-corrected chi connectivity index (χ2v) is 6.06. The fourth-order valence-corrected chi connectivity index (χ4v) is 3.78. The van der Waals surface area contributed by atoms with E-state index >= 15 is 0 Å². The third kappa shape index (κ3) is 2.43. The topological polar surface area (TPSA) is 55.1 Å². The summed E-state index contributed by atoms with van der Waals surface area (Å²) in [5.41, 5.74) is 2.18. The average molecular weight is 286 g/mol. The lowest BCUT2D eigenvalue weighted by molar-refractivity contribution is 0.0697. The molecule has 112 valence electrons. The Morgan fingerprint density at radius 2 is 2.14 bits per heavy atom. The minimum atomic E-state index is -0.895. The van der Waals surface area contributed by atoms with Gasteiger partial charge in [-0.3, -0.25) is 0 Å². The van der Waals surface area contributed by atoms with E-state index in [1.807, 2.05) is 13.0 Å². The highest BCUT2D eigenvalue weighted by Crippen LogP contribution is 2.38. The highest BCUT2D eigenvalue weighted by atomic mass is 16.4. The molecule has 1 saturated carbocycles. The molecule has 2 aromatic rings. The summed E-state index contributed by atoms with van der Waals surface area (Å²) < 4.78 is 2.34. The van der Waals surface area contributed by atoms with Gasteiger partial charge in [0.25, 0.3) is 0 Å². The summed E-state index contributed by atoms with van der Waals surface area (Å²) in [7, 11) is 0. The molecule has 0 amide bonds. The summed E-state index contributed by atoms with van der Waals surface area (Å²) in [5, 5.41) is 9.11. The standard InChI is InChI=1S/C17H22N2O2/c1-3-12-6-4-5-7-15(12)19-11(2)18-14-10-13(17(20)21)8-9-16(14)19/h8-10,12,15H,3-7H2,1-2H3,(H,20,21). The maximum atomic E-state index is 11.1. The van der Waals surface area contributed by atoms with Crippen LogP contribution in [0, 0.1) is 12.8 Å². The summed E-state index contributed by atoms with van der Waals surface area (Å²) in [4.78, 5) is 15.7. The van der Waals surface area contributed by atoms with Crippen molar-refractivity contribution < 1.29 is 9.90 Å². The molecular weight excluding hydrogens is 264 g/mol. The second-order valence-electron chi connectivity index (χ2n) is 6.06. The fourth-order valence-electron chi connectivity index (χ4n) is 3.78. The lowest BCUT2D eigenvalue weighted by Crippen LogP contribution is -2.23. The summed E-state index contributed by atoms with van der Waals surface area (Å²) in [5.74, 6) is 0.806. The minimum Gasteiger partial charge on any atom is -0.478 e. The van der Waals surface area contributed by atoms with E-state index in [1.165, 1.54) is 32.1 Å². The molecule has 1 N–H and O–H groups in total. The fraction of sp³-hybridized carbons (Fsp3) is 0.529. The summed E-state index contributed by atoms with van der Waals surface area (Å²) in [6.07, 6.45) is 6.27. The Balaban J connectivity index is 2.09. The predicted octanol–water partition coefficient (Wildman–Crippen LogP) is 4.18. The van der Waals surface area contributed by atoms with Gasteiger partial charge in [-0.2, -0.15) is 0 Å². The van der Waals surface area contributed by atoms with Crippen molar-refractivity contribution in [2.24, 2.45) is 5.92 Å². The molecule has 0 saturated heterocycles. The molecule has 2 unspecified atom stereocenters. The van der Waals surface area contributed by atoms with Crippen LogP contribution in [0.1, 0.15) is 61.3 Å². The smallest absolute Gasteiger partial charge is 0.335 e. The zero-order valence-corrected chi connectivity index (χ0v) is 12.7. The largest absolute Gasteiger partial charge is 0.478 e. The molecule has 1 aliphatic rings. The molecule has 1 aliphatic carbocycles. The summed E-state index contributed by atoms with van der Waals surface area (Å²) in [6, 6.07) is 5.79. The van der Waals surface area contributed by atoms with Crippen LogP contribution >= 0.6 is 0 Å². The zero-order valence-electron chi connectivity index (χ0n) is 12.7. The van der Waals surface area contributed by atoms with Gasteiger partial charge in [0, 0.05) is 6.04 Å². The first kappa shape index (κ1) is 14.1. The number of fused-ring (bicyclic) bond motifs is 1. The number of nitrogens with zero attached hydrogens (tertiary/aromatic N) is 2. The van der Waals surface area contributed by atoms with Gasteiger partial charge in [0.2, 0.25) is 0 Å². The molecule has 0 aliphatic heterocycles. The van der Waals surface area contributed by atoms with Crippen molar-refractivity contribution >= 4 is 17.0 Å². The third-order valence-electron chi connectivity index (χ3n) is 4.84. The summed E-state index contributed by atoms with van der Waals surface area (Å²) >= 11 is 0. The van der Waals surface area contributed by atoms with Gasteiger partial charge in [0.05, 0.1) is 16.6 Å². The molecule has 3 rings (SSSR count). The van der Waals surface area contributed by atoms with E-state index in [1.54, 1.807) is 12.1 Å². The molecule has 0 spiro atoms. The molecule has 0 bridgehead atoms. The highest BCUT2D eigenvalue weighted by molar-refractivity contribution is 5.92. The number of carbonyl (C=O) groups is 1. The van der Waals surface area contributed by atoms with Crippen molar-refractivity contribution in [1.29, 1.82) is 0 Å². The maximum Gasteiger partial charge on any atom is 0.335 e. The van der Waals surface area contributed by atoms with Crippen LogP contribution in [0.2, 0.25) is 0 Å². The molecule has 0 radical (unpaired) electrons. The normalized spacial score (nSPS) is 22.6. The first-order chi connectivity index (χ1) is 10.1. The average Bonchev–Trinajstić information content (AvgIpc) is 2.81.